The SMILES string of the molecule is Cc1ccc2c(c1)C(=O)/C(=C/c1ccc(N(c3ccccc3)c3cccc4ccccc34)[se]1)C2=O. The molecule has 35 heavy (non-hydrogen) atoms. The predicted molar refractivity (Wildman–Crippen MR) is 143 cm³/mol. The Hall–Kier alpha value is -3.98. The second-order valence-electron chi connectivity index (χ2n) is 8.61. The van der Waals surface area contributed by atoms with Gasteiger partial charge in [0.2, 0.25) is 0 Å². The van der Waals surface area contributed by atoms with E-state index in [0.717, 1.165) is 25.9 Å². The van der Waals surface area contributed by atoms with Gasteiger partial charge in [0.1, 0.15) is 0 Å². The van der Waals surface area contributed by atoms with E-state index in [2.05, 4.69) is 65.6 Å². The molecule has 1 aliphatic carbocycles. The molecule has 0 saturated carbocycles. The van der Waals surface area contributed by atoms with Crippen LogP contribution in [-0.2, 0) is 0 Å². The summed E-state index contributed by atoms with van der Waals surface area (Å²) in [6.07, 6.45) is 1.80. The van der Waals surface area contributed by atoms with Crippen molar-refractivity contribution in [3.63, 3.8) is 0 Å². The molecular weight excluding hydrogens is 497 g/mol. The Labute approximate surface area is 209 Å². The van der Waals surface area contributed by atoms with Crippen LogP contribution in [0.1, 0.15) is 30.7 Å². The third kappa shape index (κ3) is 3.77. The normalized spacial score (nSPS) is 14.0. The van der Waals surface area contributed by atoms with E-state index in [9.17, 15) is 9.59 Å². The Balaban J connectivity index is 1.45. The van der Waals surface area contributed by atoms with E-state index in [1.54, 1.807) is 12.1 Å². The number of hydrogen-bond acceptors (Lipinski definition) is 3. The van der Waals surface area contributed by atoms with E-state index in [1.165, 1.54) is 10.8 Å². The third-order valence-electron chi connectivity index (χ3n) is 6.30. The van der Waals surface area contributed by atoms with Crippen molar-refractivity contribution in [2.45, 2.75) is 6.92 Å². The Morgan fingerprint density at radius 2 is 1.46 bits per heavy atom. The zero-order valence-electron chi connectivity index (χ0n) is 19.1. The van der Waals surface area contributed by atoms with Gasteiger partial charge in [0.15, 0.2) is 0 Å². The van der Waals surface area contributed by atoms with Gasteiger partial charge in [-0.3, -0.25) is 0 Å². The molecule has 0 saturated heterocycles. The van der Waals surface area contributed by atoms with Crippen LogP contribution in [0.2, 0.25) is 0 Å². The molecule has 0 spiro atoms. The fourth-order valence-electron chi connectivity index (χ4n) is 4.62. The van der Waals surface area contributed by atoms with E-state index in [1.807, 2.05) is 43.3 Å². The Morgan fingerprint density at radius 3 is 2.31 bits per heavy atom. The van der Waals surface area contributed by atoms with Gasteiger partial charge in [0.05, 0.1) is 0 Å². The molecule has 0 N–H and O–H groups in total. The number of nitrogens with zero attached hydrogens (tertiary/aromatic N) is 1. The van der Waals surface area contributed by atoms with Gasteiger partial charge < -0.3 is 0 Å². The summed E-state index contributed by atoms with van der Waals surface area (Å²) in [6.45, 7) is 1.93. The topological polar surface area (TPSA) is 37.4 Å². The quantitative estimate of drug-likeness (QED) is 0.144. The van der Waals surface area contributed by atoms with Crippen molar-refractivity contribution in [1.29, 1.82) is 0 Å². The maximum absolute atomic E-state index is 13.0. The van der Waals surface area contributed by atoms with Crippen molar-refractivity contribution < 1.29 is 9.59 Å². The van der Waals surface area contributed by atoms with Crippen LogP contribution >= 0.6 is 0 Å². The van der Waals surface area contributed by atoms with Crippen LogP contribution in [-0.4, -0.2) is 26.1 Å². The van der Waals surface area contributed by atoms with Crippen LogP contribution in [0.5, 0.6) is 0 Å². The monoisotopic (exact) mass is 519 g/mol. The number of carbonyl (C=O) groups excluding carboxylic acids is 2. The number of benzene rings is 4. The minimum absolute atomic E-state index is 0.0783. The fraction of sp³-hybridized carbons (Fsp3) is 0.0323. The molecule has 3 nitrogen and oxygen atoms in total. The Morgan fingerprint density at radius 1 is 0.714 bits per heavy atom. The number of rotatable bonds is 4. The molecule has 0 unspecified atom stereocenters. The second-order valence-corrected chi connectivity index (χ2v) is 10.9. The van der Waals surface area contributed by atoms with Gasteiger partial charge in [-0.05, 0) is 0 Å². The van der Waals surface area contributed by atoms with Gasteiger partial charge in [0.25, 0.3) is 0 Å². The molecule has 0 aliphatic heterocycles. The summed E-state index contributed by atoms with van der Waals surface area (Å²) in [4.78, 5) is 28.3. The van der Waals surface area contributed by atoms with Gasteiger partial charge in [-0.25, -0.2) is 0 Å². The summed E-state index contributed by atoms with van der Waals surface area (Å²) in [7, 11) is 0. The number of carbonyl (C=O) groups is 2. The van der Waals surface area contributed by atoms with E-state index >= 15 is 0 Å². The minimum atomic E-state index is -0.177. The van der Waals surface area contributed by atoms with Crippen molar-refractivity contribution in [3.05, 3.63) is 130 Å². The van der Waals surface area contributed by atoms with Crippen LogP contribution in [0.15, 0.2) is 109 Å². The summed E-state index contributed by atoms with van der Waals surface area (Å²) in [5.41, 5.74) is 4.46. The summed E-state index contributed by atoms with van der Waals surface area (Å²) < 4.78 is 2.16. The number of allylic oxidation sites excluding steroid dienone is 1. The molecule has 5 aromatic rings. The van der Waals surface area contributed by atoms with Crippen molar-refractivity contribution in [1.82, 2.24) is 0 Å². The first kappa shape index (κ1) is 21.5. The standard InChI is InChI=1S/C31H21NO2Se/c1-20-14-16-25-26(18-20)31(34)27(30(25)33)19-23-15-17-29(35-23)32(22-10-3-2-4-11-22)28-13-7-9-21-8-5-6-12-24(21)28/h2-19H,1H3/b27-19+. The van der Waals surface area contributed by atoms with Crippen molar-refractivity contribution in [2.24, 2.45) is 0 Å². The van der Waals surface area contributed by atoms with E-state index < -0.39 is 0 Å². The van der Waals surface area contributed by atoms with Crippen LogP contribution in [0.3, 0.4) is 0 Å². The molecule has 0 fully saturated rings. The Bertz CT molecular complexity index is 1640. The molecule has 4 aromatic carbocycles. The predicted octanol–water partition coefficient (Wildman–Crippen LogP) is 7.14. The summed E-state index contributed by atoms with van der Waals surface area (Å²) >= 11 is -0.0783. The first-order valence-corrected chi connectivity index (χ1v) is 13.2. The first-order valence-electron chi connectivity index (χ1n) is 11.4. The van der Waals surface area contributed by atoms with E-state index in [-0.39, 0.29) is 31.6 Å². The average molecular weight is 518 g/mol. The summed E-state index contributed by atoms with van der Waals surface area (Å²) in [5, 5.41) is 2.36. The first-order chi connectivity index (χ1) is 17.1. The summed E-state index contributed by atoms with van der Waals surface area (Å²) in [6, 6.07) is 34.7. The van der Waals surface area contributed by atoms with Gasteiger partial charge in [-0.1, -0.05) is 0 Å². The third-order valence-corrected chi connectivity index (χ3v) is 8.43. The van der Waals surface area contributed by atoms with E-state index in [0.29, 0.717) is 11.1 Å². The number of ketones is 2. The van der Waals surface area contributed by atoms with Gasteiger partial charge in [-0.15, -0.1) is 0 Å². The molecule has 1 heterocycles. The number of fused-ring (bicyclic) bond motifs is 2. The second kappa shape index (κ2) is 8.66. The van der Waals surface area contributed by atoms with E-state index in [4.69, 9.17) is 0 Å². The van der Waals surface area contributed by atoms with Crippen molar-refractivity contribution in [2.75, 3.05) is 4.90 Å². The molecule has 6 rings (SSSR count). The van der Waals surface area contributed by atoms with Crippen LogP contribution < -0.4 is 4.90 Å². The number of anilines is 3. The molecule has 0 bridgehead atoms. The molecular formula is C31H21NO2Se. The fourth-order valence-corrected chi connectivity index (χ4v) is 6.68. The number of hydrogen-bond donors (Lipinski definition) is 0. The molecule has 1 aliphatic rings. The maximum atomic E-state index is 13.0. The van der Waals surface area contributed by atoms with Gasteiger partial charge in [-0.2, -0.15) is 0 Å². The van der Waals surface area contributed by atoms with Crippen molar-refractivity contribution in [3.8, 4) is 0 Å². The van der Waals surface area contributed by atoms with Gasteiger partial charge >= 0.3 is 210 Å². The van der Waals surface area contributed by atoms with Crippen LogP contribution in [0.4, 0.5) is 15.9 Å². The number of aryl methyl sites for hydroxylation is 1. The Kier molecular flexibility index (Phi) is 5.33. The van der Waals surface area contributed by atoms with Crippen LogP contribution in [0, 0.1) is 6.92 Å². The number of para-hydroxylation sites is 1. The average Bonchev–Trinajstić information content (AvgIpc) is 3.43. The van der Waals surface area contributed by atoms with Crippen molar-refractivity contribution >= 4 is 58.9 Å². The zero-order valence-corrected chi connectivity index (χ0v) is 20.8. The molecule has 168 valence electrons. The van der Waals surface area contributed by atoms with Gasteiger partial charge in [0, 0.05) is 0 Å². The molecule has 1 aromatic heterocycles. The molecule has 0 atom stereocenters. The zero-order chi connectivity index (χ0) is 23.9. The molecule has 0 radical (unpaired) electrons. The molecule has 0 amide bonds. The number of Topliss-reactive ketones (excluding diaryl/α,β-unsaturated/α-hetero) is 2. The summed E-state index contributed by atoms with van der Waals surface area (Å²) in [5.74, 6) is -0.350. The van der Waals surface area contributed by atoms with Crippen LogP contribution in [0.25, 0.3) is 16.8 Å². The molecule has 4 heteroatoms.